The van der Waals surface area contributed by atoms with Gasteiger partial charge in [-0.3, -0.25) is 0 Å². The fourth-order valence-electron chi connectivity index (χ4n) is 1.30. The van der Waals surface area contributed by atoms with Crippen molar-refractivity contribution in [2.24, 2.45) is 5.11 Å². The van der Waals surface area contributed by atoms with E-state index in [0.717, 1.165) is 32.3 Å². The second-order valence-electron chi connectivity index (χ2n) is 3.22. The SMILES string of the molecule is C=CCCCC[C@H](N=[N+]=[N-])[C@@H]1CO1. The van der Waals surface area contributed by atoms with Gasteiger partial charge in [-0.1, -0.05) is 17.6 Å². The third-order valence-corrected chi connectivity index (χ3v) is 2.15. The number of unbranched alkanes of at least 4 members (excludes halogenated alkanes) is 2. The number of rotatable bonds is 7. The molecule has 0 unspecified atom stereocenters. The molecule has 1 heterocycles. The number of ether oxygens (including phenoxy) is 1. The van der Waals surface area contributed by atoms with Gasteiger partial charge in [-0.05, 0) is 24.8 Å². The van der Waals surface area contributed by atoms with Crippen LogP contribution in [-0.4, -0.2) is 18.8 Å². The second kappa shape index (κ2) is 5.62. The van der Waals surface area contributed by atoms with Crippen molar-refractivity contribution in [1.29, 1.82) is 0 Å². The van der Waals surface area contributed by atoms with Crippen molar-refractivity contribution in [2.45, 2.75) is 37.8 Å². The second-order valence-corrected chi connectivity index (χ2v) is 3.22. The number of nitrogens with zero attached hydrogens (tertiary/aromatic N) is 3. The Morgan fingerprint density at radius 1 is 1.69 bits per heavy atom. The molecule has 1 fully saturated rings. The summed E-state index contributed by atoms with van der Waals surface area (Å²) in [4.78, 5) is 2.82. The normalized spacial score (nSPS) is 21.7. The van der Waals surface area contributed by atoms with Gasteiger partial charge in [-0.25, -0.2) is 0 Å². The number of hydrogen-bond donors (Lipinski definition) is 0. The van der Waals surface area contributed by atoms with Crippen molar-refractivity contribution in [3.05, 3.63) is 23.1 Å². The van der Waals surface area contributed by atoms with Crippen LogP contribution in [-0.2, 0) is 4.74 Å². The number of allylic oxidation sites excluding steroid dienone is 1. The van der Waals surface area contributed by atoms with Gasteiger partial charge < -0.3 is 4.74 Å². The Bertz CT molecular complexity index is 207. The summed E-state index contributed by atoms with van der Waals surface area (Å²) < 4.78 is 5.10. The monoisotopic (exact) mass is 181 g/mol. The fraction of sp³-hybridized carbons (Fsp3) is 0.778. The maximum atomic E-state index is 8.30. The van der Waals surface area contributed by atoms with Crippen LogP contribution in [0.5, 0.6) is 0 Å². The standard InChI is InChI=1S/C9H15N3O/c1-2-3-4-5-6-8(11-12-10)9-7-13-9/h2,8-9H,1,3-7H2/t8-,9-/m0/s1. The Morgan fingerprint density at radius 2 is 2.46 bits per heavy atom. The van der Waals surface area contributed by atoms with E-state index < -0.39 is 0 Å². The van der Waals surface area contributed by atoms with Crippen molar-refractivity contribution >= 4 is 0 Å². The highest BCUT2D eigenvalue weighted by atomic mass is 16.6. The van der Waals surface area contributed by atoms with Crippen LogP contribution < -0.4 is 0 Å². The average Bonchev–Trinajstić information content (AvgIpc) is 2.93. The first-order valence-electron chi connectivity index (χ1n) is 4.65. The number of hydrogen-bond acceptors (Lipinski definition) is 2. The van der Waals surface area contributed by atoms with Crippen molar-refractivity contribution in [3.8, 4) is 0 Å². The highest BCUT2D eigenvalue weighted by molar-refractivity contribution is 4.85. The molecule has 0 aliphatic carbocycles. The zero-order valence-electron chi connectivity index (χ0n) is 7.72. The molecule has 0 aromatic rings. The van der Waals surface area contributed by atoms with Crippen LogP contribution in [0.25, 0.3) is 10.4 Å². The molecule has 0 amide bonds. The zero-order valence-corrected chi connectivity index (χ0v) is 7.72. The van der Waals surface area contributed by atoms with Gasteiger partial charge in [0.2, 0.25) is 0 Å². The van der Waals surface area contributed by atoms with E-state index in [9.17, 15) is 0 Å². The molecule has 0 N–H and O–H groups in total. The topological polar surface area (TPSA) is 61.3 Å². The van der Waals surface area contributed by atoms with Crippen LogP contribution in [0, 0.1) is 0 Å². The summed E-state index contributed by atoms with van der Waals surface area (Å²) in [5.74, 6) is 0. The van der Waals surface area contributed by atoms with Crippen molar-refractivity contribution < 1.29 is 4.74 Å². The summed E-state index contributed by atoms with van der Waals surface area (Å²) in [6.45, 7) is 4.41. The Balaban J connectivity index is 2.14. The minimum atomic E-state index is 0.0508. The molecule has 13 heavy (non-hydrogen) atoms. The zero-order chi connectivity index (χ0) is 9.52. The maximum absolute atomic E-state index is 8.30. The number of azide groups is 1. The van der Waals surface area contributed by atoms with Crippen molar-refractivity contribution in [2.75, 3.05) is 6.61 Å². The molecular formula is C9H15N3O. The summed E-state index contributed by atoms with van der Waals surface area (Å²) in [5.41, 5.74) is 8.30. The van der Waals surface area contributed by atoms with E-state index in [1.165, 1.54) is 0 Å². The van der Waals surface area contributed by atoms with E-state index in [2.05, 4.69) is 16.6 Å². The third-order valence-electron chi connectivity index (χ3n) is 2.15. The van der Waals surface area contributed by atoms with Crippen LogP contribution in [0.15, 0.2) is 17.8 Å². The van der Waals surface area contributed by atoms with E-state index in [1.54, 1.807) is 0 Å². The van der Waals surface area contributed by atoms with Gasteiger partial charge in [0, 0.05) is 4.91 Å². The Hall–Kier alpha value is -0.990. The molecule has 1 aliphatic heterocycles. The van der Waals surface area contributed by atoms with Crippen LogP contribution in [0.3, 0.4) is 0 Å². The molecule has 2 atom stereocenters. The molecule has 1 aliphatic rings. The molecular weight excluding hydrogens is 166 g/mol. The van der Waals surface area contributed by atoms with Crippen molar-refractivity contribution in [3.63, 3.8) is 0 Å². The lowest BCUT2D eigenvalue weighted by molar-refractivity contribution is 0.359. The molecule has 0 radical (unpaired) electrons. The lowest BCUT2D eigenvalue weighted by atomic mass is 10.1. The molecule has 72 valence electrons. The molecule has 1 saturated heterocycles. The van der Waals surface area contributed by atoms with Crippen LogP contribution in [0.2, 0.25) is 0 Å². The molecule has 4 heteroatoms. The lowest BCUT2D eigenvalue weighted by Crippen LogP contribution is -2.11. The fourth-order valence-corrected chi connectivity index (χ4v) is 1.30. The lowest BCUT2D eigenvalue weighted by Gasteiger charge is -2.05. The van der Waals surface area contributed by atoms with Gasteiger partial charge in [0.1, 0.15) is 0 Å². The predicted molar refractivity (Wildman–Crippen MR) is 51.3 cm³/mol. The summed E-state index contributed by atoms with van der Waals surface area (Å²) in [6, 6.07) is 0.0508. The predicted octanol–water partition coefficient (Wildman–Crippen LogP) is 2.81. The van der Waals surface area contributed by atoms with E-state index in [1.807, 2.05) is 6.08 Å². The smallest absolute Gasteiger partial charge is 0.0894 e. The van der Waals surface area contributed by atoms with Crippen LogP contribution >= 0.6 is 0 Å². The van der Waals surface area contributed by atoms with Crippen LogP contribution in [0.1, 0.15) is 25.7 Å². The minimum Gasteiger partial charge on any atom is -0.373 e. The molecule has 0 aromatic carbocycles. The van der Waals surface area contributed by atoms with Gasteiger partial charge >= 0.3 is 0 Å². The molecule has 0 spiro atoms. The Kier molecular flexibility index (Phi) is 4.36. The summed E-state index contributed by atoms with van der Waals surface area (Å²) in [7, 11) is 0. The quantitative estimate of drug-likeness (QED) is 0.149. The summed E-state index contributed by atoms with van der Waals surface area (Å²) in [6.07, 6.45) is 6.27. The van der Waals surface area contributed by atoms with E-state index in [4.69, 9.17) is 10.3 Å². The minimum absolute atomic E-state index is 0.0508. The maximum Gasteiger partial charge on any atom is 0.0894 e. The summed E-state index contributed by atoms with van der Waals surface area (Å²) >= 11 is 0. The first-order valence-corrected chi connectivity index (χ1v) is 4.65. The Morgan fingerprint density at radius 3 is 3.00 bits per heavy atom. The molecule has 1 rings (SSSR count). The molecule has 0 aromatic heterocycles. The van der Waals surface area contributed by atoms with Crippen LogP contribution in [0.4, 0.5) is 0 Å². The van der Waals surface area contributed by atoms with Gasteiger partial charge in [0.15, 0.2) is 0 Å². The first-order chi connectivity index (χ1) is 6.38. The van der Waals surface area contributed by atoms with Gasteiger partial charge in [0.05, 0.1) is 18.8 Å². The Labute approximate surface area is 78.2 Å². The highest BCUT2D eigenvalue weighted by Crippen LogP contribution is 2.22. The molecule has 4 nitrogen and oxygen atoms in total. The van der Waals surface area contributed by atoms with Gasteiger partial charge in [-0.2, -0.15) is 0 Å². The van der Waals surface area contributed by atoms with E-state index >= 15 is 0 Å². The van der Waals surface area contributed by atoms with Crippen molar-refractivity contribution in [1.82, 2.24) is 0 Å². The largest absolute Gasteiger partial charge is 0.373 e. The third kappa shape index (κ3) is 3.97. The van der Waals surface area contributed by atoms with E-state index in [0.29, 0.717) is 0 Å². The highest BCUT2D eigenvalue weighted by Gasteiger charge is 2.31. The first kappa shape index (κ1) is 10.1. The average molecular weight is 181 g/mol. The van der Waals surface area contributed by atoms with E-state index in [-0.39, 0.29) is 12.1 Å². The van der Waals surface area contributed by atoms with Gasteiger partial charge in [-0.15, -0.1) is 6.58 Å². The van der Waals surface area contributed by atoms with Gasteiger partial charge in [0.25, 0.3) is 0 Å². The molecule has 0 saturated carbocycles. The molecule has 0 bridgehead atoms. The number of epoxide rings is 1. The summed E-state index contributed by atoms with van der Waals surface area (Å²) in [5, 5.41) is 3.71.